The van der Waals surface area contributed by atoms with Gasteiger partial charge < -0.3 is 10.0 Å². The van der Waals surface area contributed by atoms with Crippen molar-refractivity contribution in [3.63, 3.8) is 0 Å². The molecule has 0 aliphatic carbocycles. The Balaban J connectivity index is 2.12. The maximum absolute atomic E-state index is 12.2. The van der Waals surface area contributed by atoms with E-state index >= 15 is 0 Å². The summed E-state index contributed by atoms with van der Waals surface area (Å²) in [6.07, 6.45) is 0.817. The number of nitro benzene ring substituents is 1. The van der Waals surface area contributed by atoms with Crippen LogP contribution in [0.2, 0.25) is 0 Å². The maximum atomic E-state index is 12.2. The van der Waals surface area contributed by atoms with Gasteiger partial charge in [0.15, 0.2) is 4.90 Å². The number of nitrogens with one attached hydrogen (secondary N) is 1. The van der Waals surface area contributed by atoms with E-state index in [2.05, 4.69) is 0 Å². The van der Waals surface area contributed by atoms with Crippen molar-refractivity contribution in [3.8, 4) is 0 Å². The molecule has 1 amide bonds. The highest BCUT2D eigenvalue weighted by Gasteiger charge is 2.34. The summed E-state index contributed by atoms with van der Waals surface area (Å²) < 4.78 is 26.4. The average Bonchev–Trinajstić information content (AvgIpc) is 3.02. The molecule has 1 atom stereocenters. The van der Waals surface area contributed by atoms with E-state index in [9.17, 15) is 28.1 Å². The number of carbonyl (C=O) groups excluding carboxylic acids is 1. The molecule has 1 saturated heterocycles. The predicted molar refractivity (Wildman–Crippen MR) is 80.7 cm³/mol. The topological polar surface area (TPSA) is 147 Å². The van der Waals surface area contributed by atoms with Gasteiger partial charge in [0.05, 0.1) is 11.5 Å². The van der Waals surface area contributed by atoms with Crippen molar-refractivity contribution in [2.75, 3.05) is 13.1 Å². The molecule has 0 saturated carbocycles. The van der Waals surface area contributed by atoms with Gasteiger partial charge in [-0.05, 0) is 18.9 Å². The minimum Gasteiger partial charge on any atom is -0.480 e. The van der Waals surface area contributed by atoms with Gasteiger partial charge in [-0.15, -0.1) is 0 Å². The van der Waals surface area contributed by atoms with Crippen LogP contribution in [0.1, 0.15) is 12.8 Å². The lowest BCUT2D eigenvalue weighted by atomic mass is 10.2. The lowest BCUT2D eigenvalue weighted by Crippen LogP contribution is -2.45. The number of sulfonamides is 1. The van der Waals surface area contributed by atoms with Crippen molar-refractivity contribution in [3.05, 3.63) is 34.4 Å². The van der Waals surface area contributed by atoms with Gasteiger partial charge in [0.2, 0.25) is 15.9 Å². The van der Waals surface area contributed by atoms with Crippen LogP contribution in [0.15, 0.2) is 29.2 Å². The molecule has 130 valence electrons. The van der Waals surface area contributed by atoms with Crippen LogP contribution < -0.4 is 4.72 Å². The van der Waals surface area contributed by atoms with Crippen LogP contribution in [0.5, 0.6) is 0 Å². The zero-order valence-corrected chi connectivity index (χ0v) is 13.2. The number of aliphatic carboxylic acids is 1. The molecule has 0 spiro atoms. The van der Waals surface area contributed by atoms with E-state index < -0.39 is 50.0 Å². The summed E-state index contributed by atoms with van der Waals surface area (Å²) in [7, 11) is -4.28. The smallest absolute Gasteiger partial charge is 0.326 e. The molecule has 1 fully saturated rings. The summed E-state index contributed by atoms with van der Waals surface area (Å²) >= 11 is 0. The van der Waals surface area contributed by atoms with Crippen LogP contribution in [0.3, 0.4) is 0 Å². The fourth-order valence-electron chi connectivity index (χ4n) is 2.49. The third-order valence-electron chi connectivity index (χ3n) is 3.62. The zero-order valence-electron chi connectivity index (χ0n) is 12.4. The van der Waals surface area contributed by atoms with E-state index in [4.69, 9.17) is 5.11 Å². The first-order chi connectivity index (χ1) is 11.2. The standard InChI is InChI=1S/C13H15N3O7S/c17-12(15-7-3-5-10(15)13(18)19)8-14-24(22,23)11-6-2-1-4-9(11)16(20)21/h1-2,4,6,10,14H,3,5,7-8H2,(H,18,19)/t10-/m1/s1. The molecule has 1 heterocycles. The maximum Gasteiger partial charge on any atom is 0.326 e. The Morgan fingerprint density at radius 1 is 1.38 bits per heavy atom. The number of benzene rings is 1. The molecule has 1 aliphatic heterocycles. The van der Waals surface area contributed by atoms with Gasteiger partial charge in [0.25, 0.3) is 5.69 Å². The number of hydrogen-bond donors (Lipinski definition) is 2. The average molecular weight is 357 g/mol. The second-order valence-electron chi connectivity index (χ2n) is 5.13. The summed E-state index contributed by atoms with van der Waals surface area (Å²) in [5.74, 6) is -1.84. The largest absolute Gasteiger partial charge is 0.480 e. The van der Waals surface area contributed by atoms with Gasteiger partial charge in [0.1, 0.15) is 6.04 Å². The van der Waals surface area contributed by atoms with Crippen molar-refractivity contribution in [2.45, 2.75) is 23.8 Å². The molecule has 0 unspecified atom stereocenters. The van der Waals surface area contributed by atoms with Crippen LogP contribution in [0, 0.1) is 10.1 Å². The lowest BCUT2D eigenvalue weighted by molar-refractivity contribution is -0.387. The van der Waals surface area contributed by atoms with Gasteiger partial charge in [-0.3, -0.25) is 14.9 Å². The number of nitrogens with zero attached hydrogens (tertiary/aromatic N) is 2. The van der Waals surface area contributed by atoms with Crippen LogP contribution in [0.4, 0.5) is 5.69 Å². The molecular formula is C13H15N3O7S. The minimum absolute atomic E-state index is 0.225. The van der Waals surface area contributed by atoms with E-state index in [1.807, 2.05) is 4.72 Å². The molecule has 0 radical (unpaired) electrons. The molecule has 2 N–H and O–H groups in total. The number of carboxylic acid groups (broad SMARTS) is 1. The molecule has 1 aliphatic rings. The highest BCUT2D eigenvalue weighted by molar-refractivity contribution is 7.89. The van der Waals surface area contributed by atoms with Crippen molar-refractivity contribution in [2.24, 2.45) is 0 Å². The van der Waals surface area contributed by atoms with Gasteiger partial charge in [-0.2, -0.15) is 0 Å². The molecule has 0 bridgehead atoms. The molecular weight excluding hydrogens is 342 g/mol. The first-order valence-corrected chi connectivity index (χ1v) is 8.47. The molecule has 1 aromatic carbocycles. The van der Waals surface area contributed by atoms with Gasteiger partial charge in [-0.25, -0.2) is 17.9 Å². The van der Waals surface area contributed by atoms with Crippen LogP contribution in [0.25, 0.3) is 0 Å². The van der Waals surface area contributed by atoms with E-state index in [-0.39, 0.29) is 6.54 Å². The number of amides is 1. The SMILES string of the molecule is O=C(O)[C@H]1CCCN1C(=O)CNS(=O)(=O)c1ccccc1[N+](=O)[O-]. The normalized spacial score (nSPS) is 17.7. The summed E-state index contributed by atoms with van der Waals surface area (Å²) in [6, 6.07) is 3.76. The Kier molecular flexibility index (Phi) is 5.14. The Bertz CT molecular complexity index is 778. The Labute approximate surface area is 137 Å². The molecule has 24 heavy (non-hydrogen) atoms. The number of carbonyl (C=O) groups is 2. The lowest BCUT2D eigenvalue weighted by Gasteiger charge is -2.21. The number of hydrogen-bond acceptors (Lipinski definition) is 6. The van der Waals surface area contributed by atoms with E-state index in [0.717, 1.165) is 17.0 Å². The highest BCUT2D eigenvalue weighted by atomic mass is 32.2. The van der Waals surface area contributed by atoms with E-state index in [0.29, 0.717) is 12.8 Å². The summed E-state index contributed by atoms with van der Waals surface area (Å²) in [5.41, 5.74) is -0.609. The number of para-hydroxylation sites is 1. The van der Waals surface area contributed by atoms with Gasteiger partial charge in [-0.1, -0.05) is 12.1 Å². The monoisotopic (exact) mass is 357 g/mol. The Hall–Kier alpha value is -2.53. The highest BCUT2D eigenvalue weighted by Crippen LogP contribution is 2.23. The quantitative estimate of drug-likeness (QED) is 0.536. The third kappa shape index (κ3) is 3.68. The number of carboxylic acids is 1. The fourth-order valence-corrected chi connectivity index (χ4v) is 3.64. The second-order valence-corrected chi connectivity index (χ2v) is 6.87. The van der Waals surface area contributed by atoms with E-state index in [1.165, 1.54) is 12.1 Å². The summed E-state index contributed by atoms with van der Waals surface area (Å²) in [5, 5.41) is 19.9. The van der Waals surface area contributed by atoms with E-state index in [1.54, 1.807) is 0 Å². The minimum atomic E-state index is -4.28. The molecule has 1 aromatic rings. The van der Waals surface area contributed by atoms with Crippen LogP contribution >= 0.6 is 0 Å². The first kappa shape index (κ1) is 17.8. The Morgan fingerprint density at radius 3 is 2.67 bits per heavy atom. The number of rotatable bonds is 6. The molecule has 0 aromatic heterocycles. The number of nitro groups is 1. The predicted octanol–water partition coefficient (Wildman–Crippen LogP) is -0.0513. The first-order valence-electron chi connectivity index (χ1n) is 6.99. The van der Waals surface area contributed by atoms with Crippen molar-refractivity contribution in [1.29, 1.82) is 0 Å². The van der Waals surface area contributed by atoms with Gasteiger partial charge in [0, 0.05) is 12.6 Å². The molecule has 2 rings (SSSR count). The summed E-state index contributed by atoms with van der Waals surface area (Å²) in [6.45, 7) is -0.443. The number of likely N-dealkylation sites (tertiary alicyclic amines) is 1. The second kappa shape index (κ2) is 6.93. The van der Waals surface area contributed by atoms with Crippen molar-refractivity contribution < 1.29 is 28.0 Å². The van der Waals surface area contributed by atoms with Crippen molar-refractivity contribution in [1.82, 2.24) is 9.62 Å². The third-order valence-corrected chi connectivity index (χ3v) is 5.07. The fraction of sp³-hybridized carbons (Fsp3) is 0.385. The van der Waals surface area contributed by atoms with Crippen LogP contribution in [-0.2, 0) is 19.6 Å². The van der Waals surface area contributed by atoms with Crippen LogP contribution in [-0.4, -0.2) is 54.4 Å². The summed E-state index contributed by atoms with van der Waals surface area (Å²) in [4.78, 5) is 33.7. The van der Waals surface area contributed by atoms with Gasteiger partial charge >= 0.3 is 5.97 Å². The van der Waals surface area contributed by atoms with Crippen molar-refractivity contribution >= 4 is 27.6 Å². The zero-order chi connectivity index (χ0) is 17.9. The molecule has 10 nitrogen and oxygen atoms in total. The molecule has 11 heteroatoms. The Morgan fingerprint density at radius 2 is 2.04 bits per heavy atom.